The first-order chi connectivity index (χ1) is 9.20. The van der Waals surface area contributed by atoms with Gasteiger partial charge in [-0.15, -0.1) is 0 Å². The van der Waals surface area contributed by atoms with Crippen LogP contribution in [-0.2, 0) is 0 Å². The highest BCUT2D eigenvalue weighted by Gasteiger charge is 2.10. The highest BCUT2D eigenvalue weighted by Crippen LogP contribution is 2.26. The summed E-state index contributed by atoms with van der Waals surface area (Å²) in [6.07, 6.45) is 4.39. The molecule has 1 amide bonds. The molecule has 0 saturated heterocycles. The number of amides is 1. The Balaban J connectivity index is 2.23. The van der Waals surface area contributed by atoms with Gasteiger partial charge in [-0.05, 0) is 25.1 Å². The smallest absolute Gasteiger partial charge is 0.275 e. The van der Waals surface area contributed by atoms with Crippen molar-refractivity contribution in [3.63, 3.8) is 0 Å². The molecular weight excluding hydrogens is 264 g/mol. The van der Waals surface area contributed by atoms with Crippen molar-refractivity contribution < 1.29 is 4.79 Å². The zero-order chi connectivity index (χ0) is 13.7. The van der Waals surface area contributed by atoms with Crippen molar-refractivity contribution in [2.45, 2.75) is 6.92 Å². The number of halogens is 1. The Bertz CT molecular complexity index is 574. The third-order valence-electron chi connectivity index (χ3n) is 2.39. The van der Waals surface area contributed by atoms with Gasteiger partial charge in [-0.1, -0.05) is 11.6 Å². The van der Waals surface area contributed by atoms with Gasteiger partial charge in [0.25, 0.3) is 5.91 Å². The summed E-state index contributed by atoms with van der Waals surface area (Å²) in [5, 5.41) is 6.47. The van der Waals surface area contributed by atoms with Crippen molar-refractivity contribution in [1.29, 1.82) is 0 Å². The van der Waals surface area contributed by atoms with Crippen molar-refractivity contribution in [2.75, 3.05) is 17.2 Å². The Morgan fingerprint density at radius 2 is 2.16 bits per heavy atom. The molecule has 0 aliphatic heterocycles. The number of nitrogens with one attached hydrogen (secondary N) is 2. The number of anilines is 2. The molecule has 0 radical (unpaired) electrons. The predicted octanol–water partition coefficient (Wildman–Crippen LogP) is 2.81. The Hall–Kier alpha value is -2.14. The van der Waals surface area contributed by atoms with E-state index in [1.54, 1.807) is 12.1 Å². The van der Waals surface area contributed by atoms with E-state index in [-0.39, 0.29) is 11.6 Å². The number of carbonyl (C=O) groups is 1. The molecule has 0 unspecified atom stereocenters. The van der Waals surface area contributed by atoms with E-state index in [0.717, 1.165) is 12.2 Å². The molecule has 0 atom stereocenters. The zero-order valence-corrected chi connectivity index (χ0v) is 11.1. The fraction of sp³-hybridized carbons (Fsp3) is 0.154. The van der Waals surface area contributed by atoms with E-state index < -0.39 is 0 Å². The van der Waals surface area contributed by atoms with Gasteiger partial charge in [-0.2, -0.15) is 0 Å². The zero-order valence-electron chi connectivity index (χ0n) is 10.4. The van der Waals surface area contributed by atoms with Gasteiger partial charge in [-0.25, -0.2) is 4.98 Å². The number of hydrogen-bond acceptors (Lipinski definition) is 4. The Morgan fingerprint density at radius 3 is 2.84 bits per heavy atom. The monoisotopic (exact) mass is 276 g/mol. The molecule has 98 valence electrons. The Morgan fingerprint density at radius 1 is 1.32 bits per heavy atom. The van der Waals surface area contributed by atoms with Crippen LogP contribution in [-0.4, -0.2) is 22.4 Å². The quantitative estimate of drug-likeness (QED) is 0.901. The van der Waals surface area contributed by atoms with Crippen LogP contribution >= 0.6 is 11.6 Å². The highest BCUT2D eigenvalue weighted by atomic mass is 35.5. The standard InChI is InChI=1S/C13H13ClN4O/c1-2-16-10-4-3-9(14)7-11(10)18-13(19)12-8-15-5-6-17-12/h3-8,16H,2H2,1H3,(H,18,19). The lowest BCUT2D eigenvalue weighted by molar-refractivity contribution is 0.102. The lowest BCUT2D eigenvalue weighted by Gasteiger charge is -2.12. The third-order valence-corrected chi connectivity index (χ3v) is 2.63. The summed E-state index contributed by atoms with van der Waals surface area (Å²) in [5.74, 6) is -0.325. The van der Waals surface area contributed by atoms with Gasteiger partial charge in [-0.3, -0.25) is 9.78 Å². The summed E-state index contributed by atoms with van der Waals surface area (Å²) in [6.45, 7) is 2.72. The summed E-state index contributed by atoms with van der Waals surface area (Å²) in [5.41, 5.74) is 1.68. The van der Waals surface area contributed by atoms with Gasteiger partial charge < -0.3 is 10.6 Å². The first-order valence-corrected chi connectivity index (χ1v) is 6.19. The van der Waals surface area contributed by atoms with Crippen molar-refractivity contribution in [2.24, 2.45) is 0 Å². The average Bonchev–Trinajstić information content (AvgIpc) is 2.43. The normalized spacial score (nSPS) is 10.0. The molecule has 0 aliphatic rings. The van der Waals surface area contributed by atoms with Crippen molar-refractivity contribution in [1.82, 2.24) is 9.97 Å². The first kappa shape index (κ1) is 13.3. The minimum Gasteiger partial charge on any atom is -0.384 e. The maximum Gasteiger partial charge on any atom is 0.275 e. The maximum atomic E-state index is 12.0. The maximum absolute atomic E-state index is 12.0. The second kappa shape index (κ2) is 6.15. The predicted molar refractivity (Wildman–Crippen MR) is 75.6 cm³/mol. The molecule has 1 heterocycles. The fourth-order valence-electron chi connectivity index (χ4n) is 1.57. The van der Waals surface area contributed by atoms with Gasteiger partial charge in [0.1, 0.15) is 5.69 Å². The topological polar surface area (TPSA) is 66.9 Å². The van der Waals surface area contributed by atoms with Crippen LogP contribution in [0.2, 0.25) is 5.02 Å². The number of benzene rings is 1. The first-order valence-electron chi connectivity index (χ1n) is 5.81. The second-order valence-electron chi connectivity index (χ2n) is 3.77. The van der Waals surface area contributed by atoms with Gasteiger partial charge >= 0.3 is 0 Å². The van der Waals surface area contributed by atoms with Crippen LogP contribution in [0.3, 0.4) is 0 Å². The summed E-state index contributed by atoms with van der Waals surface area (Å²) in [7, 11) is 0. The van der Waals surface area contributed by atoms with E-state index in [9.17, 15) is 4.79 Å². The minimum atomic E-state index is -0.325. The van der Waals surface area contributed by atoms with E-state index in [2.05, 4.69) is 20.6 Å². The minimum absolute atomic E-state index is 0.255. The summed E-state index contributed by atoms with van der Waals surface area (Å²) in [4.78, 5) is 19.8. The molecular formula is C13H13ClN4O. The lowest BCUT2D eigenvalue weighted by Crippen LogP contribution is -2.15. The molecule has 0 fully saturated rings. The summed E-state index contributed by atoms with van der Waals surface area (Å²) in [6, 6.07) is 5.27. The lowest BCUT2D eigenvalue weighted by atomic mass is 10.2. The van der Waals surface area contributed by atoms with Gasteiger partial charge in [0, 0.05) is 24.0 Å². The molecule has 6 heteroatoms. The molecule has 2 aromatic rings. The summed E-state index contributed by atoms with van der Waals surface area (Å²) >= 11 is 5.94. The van der Waals surface area contributed by atoms with E-state index in [1.165, 1.54) is 18.6 Å². The van der Waals surface area contributed by atoms with E-state index in [4.69, 9.17) is 11.6 Å². The van der Waals surface area contributed by atoms with Crippen LogP contribution in [0.4, 0.5) is 11.4 Å². The highest BCUT2D eigenvalue weighted by molar-refractivity contribution is 6.31. The van der Waals surface area contributed by atoms with E-state index >= 15 is 0 Å². The number of nitrogens with zero attached hydrogens (tertiary/aromatic N) is 2. The number of hydrogen-bond donors (Lipinski definition) is 2. The average molecular weight is 277 g/mol. The molecule has 19 heavy (non-hydrogen) atoms. The van der Waals surface area contributed by atoms with Crippen molar-refractivity contribution in [3.05, 3.63) is 47.5 Å². The third kappa shape index (κ3) is 3.42. The molecule has 0 spiro atoms. The van der Waals surface area contributed by atoms with Crippen molar-refractivity contribution >= 4 is 28.9 Å². The van der Waals surface area contributed by atoms with Crippen LogP contribution in [0.5, 0.6) is 0 Å². The SMILES string of the molecule is CCNc1ccc(Cl)cc1NC(=O)c1cnccn1. The molecule has 2 rings (SSSR count). The molecule has 0 bridgehead atoms. The molecule has 0 saturated carbocycles. The molecule has 2 N–H and O–H groups in total. The fourth-order valence-corrected chi connectivity index (χ4v) is 1.74. The van der Waals surface area contributed by atoms with Crippen LogP contribution in [0, 0.1) is 0 Å². The Labute approximate surface area is 116 Å². The van der Waals surface area contributed by atoms with Crippen molar-refractivity contribution in [3.8, 4) is 0 Å². The Kier molecular flexibility index (Phi) is 4.30. The largest absolute Gasteiger partial charge is 0.384 e. The molecule has 5 nitrogen and oxygen atoms in total. The van der Waals surface area contributed by atoms with E-state index in [0.29, 0.717) is 10.7 Å². The van der Waals surface area contributed by atoms with Crippen LogP contribution < -0.4 is 10.6 Å². The van der Waals surface area contributed by atoms with Gasteiger partial charge in [0.05, 0.1) is 17.6 Å². The van der Waals surface area contributed by atoms with Gasteiger partial charge in [0.15, 0.2) is 0 Å². The number of rotatable bonds is 4. The number of carbonyl (C=O) groups excluding carboxylic acids is 1. The molecule has 1 aromatic carbocycles. The van der Waals surface area contributed by atoms with Crippen LogP contribution in [0.25, 0.3) is 0 Å². The van der Waals surface area contributed by atoms with E-state index in [1.807, 2.05) is 13.0 Å². The molecule has 1 aromatic heterocycles. The summed E-state index contributed by atoms with van der Waals surface area (Å²) < 4.78 is 0. The number of aromatic nitrogens is 2. The molecule has 0 aliphatic carbocycles. The van der Waals surface area contributed by atoms with Crippen LogP contribution in [0.1, 0.15) is 17.4 Å². The van der Waals surface area contributed by atoms with Gasteiger partial charge in [0.2, 0.25) is 0 Å². The second-order valence-corrected chi connectivity index (χ2v) is 4.20. The van der Waals surface area contributed by atoms with Crippen LogP contribution in [0.15, 0.2) is 36.8 Å².